The van der Waals surface area contributed by atoms with E-state index in [1.54, 1.807) is 24.3 Å². The molecular weight excluding hydrogens is 616 g/mol. The molecule has 4 aromatic rings. The maximum atomic E-state index is 12.4. The lowest BCUT2D eigenvalue weighted by Gasteiger charge is -2.06. The number of unbranched alkanes of at least 4 members (excludes halogenated alkanes) is 9. The molecule has 0 saturated heterocycles. The number of aromatic hydroxyl groups is 1. The number of imidazole rings is 1. The van der Waals surface area contributed by atoms with Gasteiger partial charge >= 0.3 is 5.97 Å². The molecular formula is C40H46N4O5. The van der Waals surface area contributed by atoms with Crippen LogP contribution < -0.4 is 5.32 Å². The summed E-state index contributed by atoms with van der Waals surface area (Å²) >= 11 is 0. The van der Waals surface area contributed by atoms with E-state index in [9.17, 15) is 19.8 Å². The van der Waals surface area contributed by atoms with Gasteiger partial charge in [-0.2, -0.15) is 0 Å². The maximum absolute atomic E-state index is 12.4. The Bertz CT molecular complexity index is 1740. The molecule has 3 aromatic carbocycles. The van der Waals surface area contributed by atoms with Crippen LogP contribution in [0.5, 0.6) is 5.75 Å². The number of hydrogen-bond donors (Lipinski definition) is 4. The second-order valence-corrected chi connectivity index (χ2v) is 12.5. The molecule has 0 saturated carbocycles. The fraction of sp³-hybridized carbons (Fsp3) is 0.350. The Kier molecular flexibility index (Phi) is 12.8. The average molecular weight is 663 g/mol. The van der Waals surface area contributed by atoms with Gasteiger partial charge in [0.15, 0.2) is 0 Å². The second-order valence-electron chi connectivity index (χ2n) is 12.5. The fourth-order valence-corrected chi connectivity index (χ4v) is 5.91. The van der Waals surface area contributed by atoms with Gasteiger partial charge in [0.1, 0.15) is 11.6 Å². The summed E-state index contributed by atoms with van der Waals surface area (Å²) in [6.45, 7) is 2.93. The summed E-state index contributed by atoms with van der Waals surface area (Å²) in [7, 11) is 0. The Labute approximate surface area is 288 Å². The summed E-state index contributed by atoms with van der Waals surface area (Å²) in [5.41, 5.74) is 5.98. The van der Waals surface area contributed by atoms with E-state index in [4.69, 9.17) is 9.82 Å². The maximum Gasteiger partial charge on any atom is 0.348 e. The highest BCUT2D eigenvalue weighted by molar-refractivity contribution is 6.03. The van der Waals surface area contributed by atoms with Gasteiger partial charge in [-0.3, -0.25) is 4.79 Å². The molecule has 1 aliphatic rings. The van der Waals surface area contributed by atoms with Crippen LogP contribution >= 0.6 is 0 Å². The van der Waals surface area contributed by atoms with Crippen LogP contribution in [0.2, 0.25) is 0 Å². The first-order valence-corrected chi connectivity index (χ1v) is 17.4. The molecule has 256 valence electrons. The predicted molar refractivity (Wildman–Crippen MR) is 194 cm³/mol. The molecule has 1 aromatic heterocycles. The number of para-hydroxylation sites is 1. The monoisotopic (exact) mass is 662 g/mol. The van der Waals surface area contributed by atoms with Crippen molar-refractivity contribution >= 4 is 23.7 Å². The summed E-state index contributed by atoms with van der Waals surface area (Å²) in [4.78, 5) is 37.0. The lowest BCUT2D eigenvalue weighted by molar-refractivity contribution is -0.148. The lowest BCUT2D eigenvalue weighted by Crippen LogP contribution is -2.21. The summed E-state index contributed by atoms with van der Waals surface area (Å²) < 4.78 is 0. The SMILES string of the molecule is CCCCCCCCCCCCNC(=O)/C=C/c1ccc(-c2[nH]c(-c3ccccc3O)nc2-c2ccc(C3=NOC(C(=O)O)C3)cc2)cc1. The fourth-order valence-electron chi connectivity index (χ4n) is 5.91. The van der Waals surface area contributed by atoms with Crippen molar-refractivity contribution in [3.05, 3.63) is 90.0 Å². The predicted octanol–water partition coefficient (Wildman–Crippen LogP) is 8.74. The number of carbonyl (C=O) groups is 2. The minimum absolute atomic E-state index is 0.0970. The third-order valence-electron chi connectivity index (χ3n) is 8.75. The van der Waals surface area contributed by atoms with Gasteiger partial charge in [-0.05, 0) is 35.8 Å². The van der Waals surface area contributed by atoms with Gasteiger partial charge in [-0.25, -0.2) is 9.78 Å². The van der Waals surface area contributed by atoms with Gasteiger partial charge in [-0.15, -0.1) is 0 Å². The zero-order valence-corrected chi connectivity index (χ0v) is 28.2. The lowest BCUT2D eigenvalue weighted by atomic mass is 10.00. The molecule has 49 heavy (non-hydrogen) atoms. The number of phenols is 1. The number of rotatable bonds is 18. The van der Waals surface area contributed by atoms with E-state index in [0.29, 0.717) is 29.3 Å². The van der Waals surface area contributed by atoms with Crippen molar-refractivity contribution in [2.24, 2.45) is 5.16 Å². The van der Waals surface area contributed by atoms with Crippen molar-refractivity contribution in [1.82, 2.24) is 15.3 Å². The van der Waals surface area contributed by atoms with Crippen molar-refractivity contribution < 1.29 is 24.6 Å². The highest BCUT2D eigenvalue weighted by Crippen LogP contribution is 2.36. The number of hydrogen-bond acceptors (Lipinski definition) is 6. The van der Waals surface area contributed by atoms with Crippen LogP contribution in [0.4, 0.5) is 0 Å². The van der Waals surface area contributed by atoms with Crippen LogP contribution in [-0.2, 0) is 14.4 Å². The van der Waals surface area contributed by atoms with Crippen LogP contribution in [0.3, 0.4) is 0 Å². The molecule has 9 heteroatoms. The van der Waals surface area contributed by atoms with Crippen molar-refractivity contribution in [1.29, 1.82) is 0 Å². The largest absolute Gasteiger partial charge is 0.507 e. The summed E-state index contributed by atoms with van der Waals surface area (Å²) in [6.07, 6.45) is 15.2. The molecule has 2 heterocycles. The number of aromatic amines is 1. The number of carboxylic acid groups (broad SMARTS) is 1. The van der Waals surface area contributed by atoms with Crippen LogP contribution in [0.1, 0.15) is 88.7 Å². The molecule has 0 bridgehead atoms. The molecule has 1 atom stereocenters. The first-order valence-electron chi connectivity index (χ1n) is 17.4. The van der Waals surface area contributed by atoms with E-state index in [-0.39, 0.29) is 18.1 Å². The molecule has 1 aliphatic heterocycles. The van der Waals surface area contributed by atoms with Gasteiger partial charge in [0.25, 0.3) is 0 Å². The first kappa shape index (κ1) is 35.1. The first-order chi connectivity index (χ1) is 23.9. The van der Waals surface area contributed by atoms with Gasteiger partial charge in [0, 0.05) is 30.2 Å². The summed E-state index contributed by atoms with van der Waals surface area (Å²) in [5.74, 6) is -0.505. The van der Waals surface area contributed by atoms with Crippen LogP contribution in [0.15, 0.2) is 84.0 Å². The smallest absolute Gasteiger partial charge is 0.348 e. The zero-order valence-electron chi connectivity index (χ0n) is 28.2. The minimum Gasteiger partial charge on any atom is -0.507 e. The quantitative estimate of drug-likeness (QED) is 0.0621. The minimum atomic E-state index is -1.04. The molecule has 0 radical (unpaired) electrons. The number of carboxylic acids is 1. The number of aromatic nitrogens is 2. The molecule has 0 aliphatic carbocycles. The summed E-state index contributed by atoms with van der Waals surface area (Å²) in [6, 6.07) is 22.4. The second kappa shape index (κ2) is 17.8. The highest BCUT2D eigenvalue weighted by Gasteiger charge is 2.28. The Hall–Kier alpha value is -5.18. The topological polar surface area (TPSA) is 137 Å². The van der Waals surface area contributed by atoms with E-state index in [2.05, 4.69) is 22.4 Å². The molecule has 5 rings (SSSR count). The Morgan fingerprint density at radius 1 is 0.857 bits per heavy atom. The van der Waals surface area contributed by atoms with Crippen LogP contribution in [0, 0.1) is 0 Å². The molecule has 1 unspecified atom stereocenters. The van der Waals surface area contributed by atoms with Gasteiger partial charge in [0.2, 0.25) is 12.0 Å². The van der Waals surface area contributed by atoms with Crippen molar-refractivity contribution in [3.8, 4) is 39.7 Å². The van der Waals surface area contributed by atoms with E-state index >= 15 is 0 Å². The number of nitrogens with one attached hydrogen (secondary N) is 2. The van der Waals surface area contributed by atoms with Gasteiger partial charge in [0.05, 0.1) is 22.7 Å². The number of oxime groups is 1. The Morgan fingerprint density at radius 2 is 1.49 bits per heavy atom. The third-order valence-corrected chi connectivity index (χ3v) is 8.75. The Balaban J connectivity index is 1.21. The number of aliphatic carboxylic acids is 1. The number of carbonyl (C=O) groups excluding carboxylic acids is 1. The number of amides is 1. The number of nitrogens with zero attached hydrogens (tertiary/aromatic N) is 2. The van der Waals surface area contributed by atoms with Crippen molar-refractivity contribution in [2.75, 3.05) is 6.54 Å². The van der Waals surface area contributed by atoms with Gasteiger partial charge < -0.3 is 25.4 Å². The molecule has 4 N–H and O–H groups in total. The standard InChI is InChI=1S/C40H46N4O5/c1-2-3-4-5-6-7-8-9-10-13-26-41-36(46)25-18-28-16-19-30(20-17-28)37-38(43-39(42-37)32-14-11-12-15-34(32)45)31-23-21-29(22-24-31)33-27-35(40(47)48)49-44-33/h11-12,14-25,35,45H,2-10,13,26-27H2,1H3,(H,41,46)(H,42,43)(H,47,48)/b25-18+. The number of phenolic OH excluding ortho intramolecular Hbond substituents is 1. The molecule has 1 amide bonds. The molecule has 0 fully saturated rings. The van der Waals surface area contributed by atoms with Crippen LogP contribution in [-0.4, -0.2) is 50.4 Å². The van der Waals surface area contributed by atoms with E-state index in [1.807, 2.05) is 60.7 Å². The van der Waals surface area contributed by atoms with Crippen molar-refractivity contribution in [3.63, 3.8) is 0 Å². The van der Waals surface area contributed by atoms with E-state index < -0.39 is 12.1 Å². The third kappa shape index (κ3) is 9.92. The summed E-state index contributed by atoms with van der Waals surface area (Å²) in [5, 5.41) is 26.7. The average Bonchev–Trinajstić information content (AvgIpc) is 3.79. The Morgan fingerprint density at radius 3 is 2.14 bits per heavy atom. The number of benzene rings is 3. The number of H-pyrrole nitrogens is 1. The van der Waals surface area contributed by atoms with Crippen LogP contribution in [0.25, 0.3) is 40.0 Å². The van der Waals surface area contributed by atoms with Crippen molar-refractivity contribution in [2.45, 2.75) is 83.7 Å². The highest BCUT2D eigenvalue weighted by atomic mass is 16.7. The normalized spacial score (nSPS) is 14.1. The van der Waals surface area contributed by atoms with Gasteiger partial charge in [-0.1, -0.05) is 131 Å². The molecule has 0 spiro atoms. The van der Waals surface area contributed by atoms with E-state index in [0.717, 1.165) is 40.8 Å². The van der Waals surface area contributed by atoms with E-state index in [1.165, 1.54) is 51.4 Å². The molecule has 9 nitrogen and oxygen atoms in total. The zero-order chi connectivity index (χ0) is 34.4.